The average molecular weight is 275 g/mol. The van der Waals surface area contributed by atoms with Gasteiger partial charge in [-0.15, -0.1) is 0 Å². The van der Waals surface area contributed by atoms with E-state index < -0.39 is 12.8 Å². The first-order valence-corrected chi connectivity index (χ1v) is 4.74. The predicted octanol–water partition coefficient (Wildman–Crippen LogP) is 3.22. The normalized spacial score (nSPS) is 11.4. The summed E-state index contributed by atoms with van der Waals surface area (Å²) >= 11 is 11.3. The van der Waals surface area contributed by atoms with E-state index in [9.17, 15) is 13.2 Å². The molecule has 0 spiro atoms. The number of nitrogen functional groups attached to an aromatic ring is 1. The van der Waals surface area contributed by atoms with E-state index in [1.54, 1.807) is 0 Å². The van der Waals surface area contributed by atoms with Crippen molar-refractivity contribution >= 4 is 28.9 Å². The number of hydrogen-bond donors (Lipinski definition) is 2. The summed E-state index contributed by atoms with van der Waals surface area (Å²) in [5.41, 5.74) is 2.43. The van der Waals surface area contributed by atoms with Crippen molar-refractivity contribution in [2.24, 2.45) is 5.84 Å². The first-order chi connectivity index (χ1) is 7.33. The van der Waals surface area contributed by atoms with Crippen LogP contribution in [0.4, 0.5) is 18.9 Å². The van der Waals surface area contributed by atoms with Crippen molar-refractivity contribution in [3.8, 4) is 5.75 Å². The smallest absolute Gasteiger partial charge is 0.422 e. The van der Waals surface area contributed by atoms with Crippen molar-refractivity contribution in [2.75, 3.05) is 12.0 Å². The number of ether oxygens (including phenoxy) is 1. The standard InChI is InChI=1S/C8H7Cl2F3N2O/c9-4-1-5(10)7(2-6(4)15-14)16-3-8(11,12)13/h1-2,15H,3,14H2. The van der Waals surface area contributed by atoms with Gasteiger partial charge in [0.1, 0.15) is 5.75 Å². The van der Waals surface area contributed by atoms with Crippen LogP contribution in [0.25, 0.3) is 0 Å². The third-order valence-electron chi connectivity index (χ3n) is 1.57. The largest absolute Gasteiger partial charge is 0.482 e. The quantitative estimate of drug-likeness (QED) is 0.657. The van der Waals surface area contributed by atoms with E-state index in [0.29, 0.717) is 0 Å². The zero-order valence-electron chi connectivity index (χ0n) is 7.74. The summed E-state index contributed by atoms with van der Waals surface area (Å²) in [7, 11) is 0. The number of nitrogens with one attached hydrogen (secondary N) is 1. The lowest BCUT2D eigenvalue weighted by Crippen LogP contribution is -2.19. The molecule has 0 aromatic heterocycles. The second-order valence-corrected chi connectivity index (χ2v) is 3.63. The molecule has 3 N–H and O–H groups in total. The van der Waals surface area contributed by atoms with Crippen molar-refractivity contribution in [1.82, 2.24) is 0 Å². The summed E-state index contributed by atoms with van der Waals surface area (Å²) in [5, 5.41) is 0.167. The predicted molar refractivity (Wildman–Crippen MR) is 55.8 cm³/mol. The molecule has 0 aliphatic heterocycles. The minimum absolute atomic E-state index is 0.0201. The first-order valence-electron chi connectivity index (χ1n) is 3.98. The average Bonchev–Trinajstić information content (AvgIpc) is 2.15. The molecule has 0 aliphatic carbocycles. The van der Waals surface area contributed by atoms with Gasteiger partial charge < -0.3 is 10.2 Å². The molecular weight excluding hydrogens is 268 g/mol. The van der Waals surface area contributed by atoms with Crippen LogP contribution in [0.1, 0.15) is 0 Å². The summed E-state index contributed by atoms with van der Waals surface area (Å²) in [6, 6.07) is 2.43. The van der Waals surface area contributed by atoms with Crippen LogP contribution < -0.4 is 16.0 Å². The fraction of sp³-hybridized carbons (Fsp3) is 0.250. The molecule has 0 saturated heterocycles. The minimum Gasteiger partial charge on any atom is -0.482 e. The molecule has 0 radical (unpaired) electrons. The molecule has 0 saturated carbocycles. The third-order valence-corrected chi connectivity index (χ3v) is 2.18. The number of rotatable bonds is 3. The summed E-state index contributed by atoms with van der Waals surface area (Å²) in [6.45, 7) is -1.43. The van der Waals surface area contributed by atoms with Gasteiger partial charge in [0.25, 0.3) is 0 Å². The summed E-state index contributed by atoms with van der Waals surface area (Å²) in [6.07, 6.45) is -4.43. The highest BCUT2D eigenvalue weighted by Crippen LogP contribution is 2.34. The lowest BCUT2D eigenvalue weighted by Gasteiger charge is -2.12. The van der Waals surface area contributed by atoms with Crippen LogP contribution in [0.3, 0.4) is 0 Å². The Hall–Kier alpha value is -0.850. The van der Waals surface area contributed by atoms with E-state index in [1.165, 1.54) is 12.1 Å². The van der Waals surface area contributed by atoms with Gasteiger partial charge >= 0.3 is 6.18 Å². The SMILES string of the molecule is NNc1cc(OCC(F)(F)F)c(Cl)cc1Cl. The van der Waals surface area contributed by atoms with Crippen molar-refractivity contribution in [3.05, 3.63) is 22.2 Å². The second-order valence-electron chi connectivity index (χ2n) is 2.81. The lowest BCUT2D eigenvalue weighted by atomic mass is 10.3. The summed E-state index contributed by atoms with van der Waals surface area (Å²) in [5.74, 6) is 4.95. The van der Waals surface area contributed by atoms with Gasteiger partial charge in [-0.1, -0.05) is 23.2 Å². The van der Waals surface area contributed by atoms with Crippen molar-refractivity contribution in [2.45, 2.75) is 6.18 Å². The Kier molecular flexibility index (Phi) is 4.12. The molecule has 0 unspecified atom stereocenters. The molecule has 0 heterocycles. The highest BCUT2D eigenvalue weighted by molar-refractivity contribution is 6.37. The number of alkyl halides is 3. The van der Waals surface area contributed by atoms with Crippen LogP contribution in [0.15, 0.2) is 12.1 Å². The van der Waals surface area contributed by atoms with E-state index in [0.717, 1.165) is 0 Å². The zero-order chi connectivity index (χ0) is 12.3. The van der Waals surface area contributed by atoms with Crippen LogP contribution in [-0.4, -0.2) is 12.8 Å². The second kappa shape index (κ2) is 4.99. The molecule has 3 nitrogen and oxygen atoms in total. The Morgan fingerprint density at radius 3 is 2.38 bits per heavy atom. The molecular formula is C8H7Cl2F3N2O. The Morgan fingerprint density at radius 1 is 1.25 bits per heavy atom. The third kappa shape index (κ3) is 3.62. The molecule has 16 heavy (non-hydrogen) atoms. The molecule has 0 aliphatic rings. The Labute approximate surface area is 99.2 Å². The lowest BCUT2D eigenvalue weighted by molar-refractivity contribution is -0.153. The maximum absolute atomic E-state index is 11.9. The van der Waals surface area contributed by atoms with Gasteiger partial charge in [-0.3, -0.25) is 5.84 Å². The maximum atomic E-state index is 11.9. The van der Waals surface area contributed by atoms with Gasteiger partial charge in [0.2, 0.25) is 0 Å². The van der Waals surface area contributed by atoms with Gasteiger partial charge in [0, 0.05) is 6.07 Å². The number of hydrogen-bond acceptors (Lipinski definition) is 3. The molecule has 0 fully saturated rings. The van der Waals surface area contributed by atoms with Crippen molar-refractivity contribution < 1.29 is 17.9 Å². The topological polar surface area (TPSA) is 47.3 Å². The monoisotopic (exact) mass is 274 g/mol. The molecule has 90 valence electrons. The van der Waals surface area contributed by atoms with E-state index in [1.807, 2.05) is 0 Å². The van der Waals surface area contributed by atoms with Crippen molar-refractivity contribution in [1.29, 1.82) is 0 Å². The minimum atomic E-state index is -4.43. The fourth-order valence-corrected chi connectivity index (χ4v) is 1.40. The Morgan fingerprint density at radius 2 is 1.88 bits per heavy atom. The number of nitrogens with two attached hydrogens (primary N) is 1. The molecule has 1 aromatic rings. The van der Waals surface area contributed by atoms with Crippen molar-refractivity contribution in [3.63, 3.8) is 0 Å². The Balaban J connectivity index is 2.88. The highest BCUT2D eigenvalue weighted by atomic mass is 35.5. The Bertz CT molecular complexity index is 384. The van der Waals surface area contributed by atoms with Crippen LogP contribution >= 0.6 is 23.2 Å². The van der Waals surface area contributed by atoms with E-state index >= 15 is 0 Å². The van der Waals surface area contributed by atoms with Gasteiger partial charge in [-0.2, -0.15) is 13.2 Å². The van der Waals surface area contributed by atoms with Crippen LogP contribution in [0.2, 0.25) is 10.0 Å². The summed E-state index contributed by atoms with van der Waals surface area (Å²) < 4.78 is 40.2. The van der Waals surface area contributed by atoms with Gasteiger partial charge in [-0.05, 0) is 6.07 Å². The van der Waals surface area contributed by atoms with Gasteiger partial charge in [-0.25, -0.2) is 0 Å². The van der Waals surface area contributed by atoms with Crippen LogP contribution in [0, 0.1) is 0 Å². The molecule has 1 rings (SSSR count). The number of hydrazine groups is 1. The zero-order valence-corrected chi connectivity index (χ0v) is 9.25. The van der Waals surface area contributed by atoms with Crippen LogP contribution in [0.5, 0.6) is 5.75 Å². The molecule has 0 atom stereocenters. The fourth-order valence-electron chi connectivity index (χ4n) is 0.910. The molecule has 8 heteroatoms. The van der Waals surface area contributed by atoms with E-state index in [-0.39, 0.29) is 21.5 Å². The number of anilines is 1. The maximum Gasteiger partial charge on any atom is 0.422 e. The van der Waals surface area contributed by atoms with Gasteiger partial charge in [0.05, 0.1) is 15.7 Å². The first kappa shape index (κ1) is 13.2. The van der Waals surface area contributed by atoms with E-state index in [4.69, 9.17) is 29.0 Å². The number of benzene rings is 1. The molecule has 0 bridgehead atoms. The van der Waals surface area contributed by atoms with Crippen LogP contribution in [-0.2, 0) is 0 Å². The number of halogens is 5. The molecule has 1 aromatic carbocycles. The molecule has 0 amide bonds. The van der Waals surface area contributed by atoms with Gasteiger partial charge in [0.15, 0.2) is 6.61 Å². The highest BCUT2D eigenvalue weighted by Gasteiger charge is 2.28. The van der Waals surface area contributed by atoms with E-state index in [2.05, 4.69) is 10.2 Å². The summed E-state index contributed by atoms with van der Waals surface area (Å²) in [4.78, 5) is 0.